The first-order valence-electron chi connectivity index (χ1n) is 13.5. The molecule has 212 valence electrons. The summed E-state index contributed by atoms with van der Waals surface area (Å²) in [6, 6.07) is -1.33. The first-order chi connectivity index (χ1) is 18.3. The number of nitrogens with zero attached hydrogens (tertiary/aromatic N) is 3. The van der Waals surface area contributed by atoms with Gasteiger partial charge in [0.15, 0.2) is 0 Å². The van der Waals surface area contributed by atoms with Crippen molar-refractivity contribution in [2.45, 2.75) is 53.1 Å². The van der Waals surface area contributed by atoms with Crippen molar-refractivity contribution >= 4 is 45.5 Å². The van der Waals surface area contributed by atoms with Gasteiger partial charge in [-0.3, -0.25) is 19.3 Å². The van der Waals surface area contributed by atoms with Gasteiger partial charge in [-0.2, -0.15) is 0 Å². The third-order valence-corrected chi connectivity index (χ3v) is 11.4. The van der Waals surface area contributed by atoms with Gasteiger partial charge in [0.25, 0.3) is 0 Å². The summed E-state index contributed by atoms with van der Waals surface area (Å²) >= 11 is 5.35. The summed E-state index contributed by atoms with van der Waals surface area (Å²) in [7, 11) is 0. The Morgan fingerprint density at radius 2 is 2.08 bits per heavy atom. The number of thioether (sulfide) groups is 1. The SMILES string of the molecule is C=CCCCOC(=O)[C@H]1[C@@H]2SC3(CC2Br)C(C(=O)N(CC=C)CCN2CCOCC2)N([C@H](C)CO)C(=O)[C@H]13. The van der Waals surface area contributed by atoms with Crippen LogP contribution in [0.2, 0.25) is 0 Å². The standard InChI is InChI=1S/C27H40BrN3O6S/c1-4-6-7-13-37-26(35)20-21-24(33)31(18(3)17-32)23(27(21)16-19(28)22(20)38-27)25(34)30(8-5-2)10-9-29-11-14-36-15-12-29/h4-5,18-23,32H,1-2,6-17H2,3H3/t18-,19?,20-,21+,22-,23?,27?/m1/s1. The molecule has 7 atom stereocenters. The summed E-state index contributed by atoms with van der Waals surface area (Å²) in [5.74, 6) is -2.06. The van der Waals surface area contributed by atoms with Crippen LogP contribution < -0.4 is 0 Å². The molecule has 1 spiro atoms. The van der Waals surface area contributed by atoms with Gasteiger partial charge in [-0.15, -0.1) is 24.9 Å². The number of esters is 1. The van der Waals surface area contributed by atoms with Gasteiger partial charge < -0.3 is 24.4 Å². The molecule has 0 aromatic heterocycles. The summed E-state index contributed by atoms with van der Waals surface area (Å²) in [4.78, 5) is 47.3. The Bertz CT molecular complexity index is 917. The Kier molecular flexibility index (Phi) is 10.00. The number of aliphatic hydroxyl groups is 1. The molecule has 4 rings (SSSR count). The number of carbonyl (C=O) groups excluding carboxylic acids is 3. The Hall–Kier alpha value is -1.40. The van der Waals surface area contributed by atoms with Crippen LogP contribution in [-0.4, -0.2) is 124 Å². The number of halogens is 1. The molecule has 0 aromatic carbocycles. The summed E-state index contributed by atoms with van der Waals surface area (Å²) in [5.41, 5.74) is 0. The average molecular weight is 615 g/mol. The average Bonchev–Trinajstić information content (AvgIpc) is 3.52. The Labute approximate surface area is 238 Å². The van der Waals surface area contributed by atoms with Crippen molar-refractivity contribution in [3.05, 3.63) is 25.3 Å². The number of fused-ring (bicyclic) bond motifs is 1. The molecule has 4 saturated heterocycles. The smallest absolute Gasteiger partial charge is 0.310 e. The molecule has 11 heteroatoms. The lowest BCUT2D eigenvalue weighted by Crippen LogP contribution is -2.58. The molecule has 2 amide bonds. The quantitative estimate of drug-likeness (QED) is 0.145. The van der Waals surface area contributed by atoms with Gasteiger partial charge in [0, 0.05) is 42.8 Å². The number of aliphatic hydroxyl groups excluding tert-OH is 1. The minimum Gasteiger partial charge on any atom is -0.465 e. The van der Waals surface area contributed by atoms with E-state index >= 15 is 0 Å². The maximum atomic E-state index is 14.3. The van der Waals surface area contributed by atoms with Gasteiger partial charge >= 0.3 is 5.97 Å². The van der Waals surface area contributed by atoms with Gasteiger partial charge in [-0.05, 0) is 26.2 Å². The molecule has 4 aliphatic heterocycles. The Morgan fingerprint density at radius 3 is 2.74 bits per heavy atom. The highest BCUT2D eigenvalue weighted by Gasteiger charge is 2.76. The molecule has 1 N–H and O–H groups in total. The molecule has 9 nitrogen and oxygen atoms in total. The van der Waals surface area contributed by atoms with Crippen molar-refractivity contribution in [2.24, 2.45) is 11.8 Å². The molecule has 0 saturated carbocycles. The number of morpholine rings is 1. The highest BCUT2D eigenvalue weighted by molar-refractivity contribution is 9.09. The molecule has 4 fully saturated rings. The summed E-state index contributed by atoms with van der Waals surface area (Å²) in [5, 5.41) is 9.93. The van der Waals surface area contributed by atoms with Gasteiger partial charge in [-0.1, -0.05) is 28.1 Å². The first kappa shape index (κ1) is 29.6. The van der Waals surface area contributed by atoms with E-state index in [1.165, 1.54) is 0 Å². The fourth-order valence-electron chi connectivity index (χ4n) is 6.38. The lowest BCUT2D eigenvalue weighted by molar-refractivity contribution is -0.154. The second-order valence-electron chi connectivity index (χ2n) is 10.6. The monoisotopic (exact) mass is 613 g/mol. The van der Waals surface area contributed by atoms with E-state index in [4.69, 9.17) is 9.47 Å². The van der Waals surface area contributed by atoms with E-state index in [0.29, 0.717) is 45.7 Å². The number of hydrogen-bond acceptors (Lipinski definition) is 8. The maximum Gasteiger partial charge on any atom is 0.310 e. The summed E-state index contributed by atoms with van der Waals surface area (Å²) in [6.07, 6.45) is 5.50. The molecule has 4 aliphatic rings. The lowest BCUT2D eigenvalue weighted by Gasteiger charge is -2.39. The second kappa shape index (κ2) is 12.8. The zero-order valence-corrected chi connectivity index (χ0v) is 24.5. The van der Waals surface area contributed by atoms with Crippen molar-refractivity contribution < 1.29 is 29.0 Å². The lowest BCUT2D eigenvalue weighted by atomic mass is 9.71. The number of carbonyl (C=O) groups is 3. The third-order valence-electron chi connectivity index (χ3n) is 8.22. The van der Waals surface area contributed by atoms with E-state index in [-0.39, 0.29) is 41.1 Å². The number of unbranched alkanes of at least 4 members (excludes halogenated alkanes) is 1. The van der Waals surface area contributed by atoms with Crippen molar-refractivity contribution in [3.8, 4) is 0 Å². The molecule has 0 radical (unpaired) electrons. The highest BCUT2D eigenvalue weighted by atomic mass is 79.9. The van der Waals surface area contributed by atoms with Crippen LogP contribution in [0.15, 0.2) is 25.3 Å². The van der Waals surface area contributed by atoms with E-state index in [2.05, 4.69) is 34.0 Å². The van der Waals surface area contributed by atoms with Crippen LogP contribution in [0.5, 0.6) is 0 Å². The van der Waals surface area contributed by atoms with Gasteiger partial charge in [0.2, 0.25) is 11.8 Å². The van der Waals surface area contributed by atoms with Crippen LogP contribution >= 0.6 is 27.7 Å². The maximum absolute atomic E-state index is 14.3. The molecular formula is C27H40BrN3O6S. The number of likely N-dealkylation sites (tertiary alicyclic amines) is 1. The molecular weight excluding hydrogens is 574 g/mol. The van der Waals surface area contributed by atoms with Crippen molar-refractivity contribution in [1.82, 2.24) is 14.7 Å². The van der Waals surface area contributed by atoms with Crippen molar-refractivity contribution in [3.63, 3.8) is 0 Å². The molecule has 38 heavy (non-hydrogen) atoms. The normalized spacial score (nSPS) is 33.2. The molecule has 4 heterocycles. The van der Waals surface area contributed by atoms with Gasteiger partial charge in [0.05, 0.1) is 49.1 Å². The number of alkyl halides is 1. The molecule has 0 aliphatic carbocycles. The predicted octanol–water partition coefficient (Wildman–Crippen LogP) is 1.69. The van der Waals surface area contributed by atoms with E-state index in [1.807, 2.05) is 0 Å². The number of hydrogen-bond donors (Lipinski definition) is 1. The Balaban J connectivity index is 1.62. The van der Waals surface area contributed by atoms with Crippen LogP contribution in [0.3, 0.4) is 0 Å². The molecule has 0 aromatic rings. The van der Waals surface area contributed by atoms with Crippen LogP contribution in [-0.2, 0) is 23.9 Å². The van der Waals surface area contributed by atoms with E-state index in [0.717, 1.165) is 19.5 Å². The fraction of sp³-hybridized carbons (Fsp3) is 0.741. The van der Waals surface area contributed by atoms with Crippen LogP contribution in [0.1, 0.15) is 26.2 Å². The number of ether oxygens (including phenoxy) is 2. The fourth-order valence-corrected chi connectivity index (χ4v) is 9.96. The zero-order valence-electron chi connectivity index (χ0n) is 22.1. The van der Waals surface area contributed by atoms with E-state index < -0.39 is 28.7 Å². The largest absolute Gasteiger partial charge is 0.465 e. The zero-order chi connectivity index (χ0) is 27.4. The Morgan fingerprint density at radius 1 is 1.34 bits per heavy atom. The second-order valence-corrected chi connectivity index (χ2v) is 13.3. The number of rotatable bonds is 13. The minimum atomic E-state index is -0.777. The van der Waals surface area contributed by atoms with E-state index in [9.17, 15) is 19.5 Å². The van der Waals surface area contributed by atoms with Gasteiger partial charge in [0.1, 0.15) is 6.04 Å². The van der Waals surface area contributed by atoms with Crippen molar-refractivity contribution in [1.29, 1.82) is 0 Å². The van der Waals surface area contributed by atoms with Crippen LogP contribution in [0.4, 0.5) is 0 Å². The number of amides is 2. The van der Waals surface area contributed by atoms with Crippen LogP contribution in [0.25, 0.3) is 0 Å². The predicted molar refractivity (Wildman–Crippen MR) is 150 cm³/mol. The third kappa shape index (κ3) is 5.46. The van der Waals surface area contributed by atoms with E-state index in [1.54, 1.807) is 40.6 Å². The summed E-state index contributed by atoms with van der Waals surface area (Å²) < 4.78 is 10.3. The molecule has 2 bridgehead atoms. The molecule has 3 unspecified atom stereocenters. The van der Waals surface area contributed by atoms with Crippen molar-refractivity contribution in [2.75, 3.05) is 59.2 Å². The van der Waals surface area contributed by atoms with Gasteiger partial charge in [-0.25, -0.2) is 0 Å². The number of allylic oxidation sites excluding steroid dienone is 1. The van der Waals surface area contributed by atoms with Crippen LogP contribution in [0, 0.1) is 11.8 Å². The first-order valence-corrected chi connectivity index (χ1v) is 15.3. The highest BCUT2D eigenvalue weighted by Crippen LogP contribution is 2.68. The summed E-state index contributed by atoms with van der Waals surface area (Å²) in [6.45, 7) is 13.9. The minimum absolute atomic E-state index is 0.0248. The topological polar surface area (TPSA) is 99.6 Å².